The zero-order valence-electron chi connectivity index (χ0n) is 7.62. The van der Waals surface area contributed by atoms with Gasteiger partial charge in [-0.3, -0.25) is 0 Å². The molecule has 2 rings (SSSR count). The van der Waals surface area contributed by atoms with Gasteiger partial charge in [-0.25, -0.2) is 0 Å². The Labute approximate surface area is 96.4 Å². The first-order valence-electron chi connectivity index (χ1n) is 4.12. The smallest absolute Gasteiger partial charge is 0.342 e. The van der Waals surface area contributed by atoms with Crippen molar-refractivity contribution >= 4 is 15.9 Å². The molecule has 16 heavy (non-hydrogen) atoms. The average Bonchev–Trinajstić information content (AvgIpc) is 2.68. The molecule has 0 amide bonds. The Balaban J connectivity index is 2.68. The lowest BCUT2D eigenvalue weighted by Gasteiger charge is -2.11. The van der Waals surface area contributed by atoms with E-state index in [1.54, 1.807) is 0 Å². The lowest BCUT2D eigenvalue weighted by molar-refractivity contribution is -0.137. The lowest BCUT2D eigenvalue weighted by Crippen LogP contribution is -2.07. The topological polar surface area (TPSA) is 38.9 Å². The van der Waals surface area contributed by atoms with Gasteiger partial charge in [-0.15, -0.1) is 0 Å². The van der Waals surface area contributed by atoms with Gasteiger partial charge in [0, 0.05) is 10.0 Å². The van der Waals surface area contributed by atoms with Gasteiger partial charge >= 0.3 is 6.18 Å². The van der Waals surface area contributed by atoms with Crippen molar-refractivity contribution < 1.29 is 17.7 Å². The van der Waals surface area contributed by atoms with E-state index in [4.69, 9.17) is 0 Å². The summed E-state index contributed by atoms with van der Waals surface area (Å²) in [6, 6.07) is 3.76. The molecule has 7 heteroatoms. The Morgan fingerprint density at radius 3 is 2.56 bits per heavy atom. The van der Waals surface area contributed by atoms with Crippen molar-refractivity contribution in [1.82, 2.24) is 10.1 Å². The molecule has 0 aliphatic rings. The first kappa shape index (κ1) is 11.1. The summed E-state index contributed by atoms with van der Waals surface area (Å²) in [5.41, 5.74) is -0.924. The van der Waals surface area contributed by atoms with Crippen LogP contribution < -0.4 is 0 Å². The molecule has 1 aromatic carbocycles. The van der Waals surface area contributed by atoms with Crippen molar-refractivity contribution in [3.8, 4) is 11.4 Å². The van der Waals surface area contributed by atoms with Gasteiger partial charge in [0.25, 0.3) is 0 Å². The molecule has 0 fully saturated rings. The van der Waals surface area contributed by atoms with E-state index in [1.165, 1.54) is 12.1 Å². The predicted molar refractivity (Wildman–Crippen MR) is 52.4 cm³/mol. The summed E-state index contributed by atoms with van der Waals surface area (Å²) in [5, 5.41) is 3.41. The number of nitrogens with zero attached hydrogens (tertiary/aromatic N) is 2. The van der Waals surface area contributed by atoms with Crippen molar-refractivity contribution in [2.75, 3.05) is 0 Å². The summed E-state index contributed by atoms with van der Waals surface area (Å²) in [6.07, 6.45) is -3.48. The molecular formula is C9H4BrF3N2O. The molecule has 1 aromatic heterocycles. The Morgan fingerprint density at radius 2 is 2.00 bits per heavy atom. The van der Waals surface area contributed by atoms with Crippen LogP contribution in [0.1, 0.15) is 5.56 Å². The summed E-state index contributed by atoms with van der Waals surface area (Å²) in [5.74, 6) is -0.0974. The van der Waals surface area contributed by atoms with Crippen LogP contribution in [0.2, 0.25) is 0 Å². The predicted octanol–water partition coefficient (Wildman–Crippen LogP) is 3.52. The molecule has 0 atom stereocenters. The third-order valence-corrected chi connectivity index (χ3v) is 2.56. The third-order valence-electron chi connectivity index (χ3n) is 1.90. The molecule has 0 aliphatic carbocycles. The van der Waals surface area contributed by atoms with Gasteiger partial charge < -0.3 is 4.52 Å². The fourth-order valence-corrected chi connectivity index (χ4v) is 1.81. The number of alkyl halides is 3. The number of halogens is 4. The molecule has 0 unspecified atom stereocenters. The number of hydrogen-bond donors (Lipinski definition) is 0. The van der Waals surface area contributed by atoms with Crippen molar-refractivity contribution in [3.05, 3.63) is 34.6 Å². The number of rotatable bonds is 1. The first-order valence-corrected chi connectivity index (χ1v) is 4.92. The van der Waals surface area contributed by atoms with Crippen LogP contribution in [0.15, 0.2) is 33.6 Å². The second-order valence-corrected chi connectivity index (χ2v) is 3.77. The van der Waals surface area contributed by atoms with Gasteiger partial charge in [0.15, 0.2) is 0 Å². The Bertz CT molecular complexity index is 496. The van der Waals surface area contributed by atoms with E-state index in [2.05, 4.69) is 30.6 Å². The zero-order valence-corrected chi connectivity index (χ0v) is 9.21. The van der Waals surface area contributed by atoms with E-state index in [0.29, 0.717) is 0 Å². The molecule has 0 bridgehead atoms. The molecule has 0 radical (unpaired) electrons. The largest absolute Gasteiger partial charge is 0.417 e. The molecule has 0 N–H and O–H groups in total. The zero-order chi connectivity index (χ0) is 11.8. The van der Waals surface area contributed by atoms with Gasteiger partial charge in [-0.05, 0) is 12.1 Å². The van der Waals surface area contributed by atoms with E-state index in [1.807, 2.05) is 0 Å². The fraction of sp³-hybridized carbons (Fsp3) is 0.111. The van der Waals surface area contributed by atoms with Gasteiger partial charge in [-0.1, -0.05) is 27.2 Å². The highest BCUT2D eigenvalue weighted by Gasteiger charge is 2.35. The minimum Gasteiger partial charge on any atom is -0.342 e. The lowest BCUT2D eigenvalue weighted by atomic mass is 10.1. The van der Waals surface area contributed by atoms with Crippen LogP contribution in [0.5, 0.6) is 0 Å². The molecule has 0 saturated heterocycles. The number of aromatic nitrogens is 2. The summed E-state index contributed by atoms with van der Waals surface area (Å²) >= 11 is 3.04. The normalized spacial score (nSPS) is 11.8. The third kappa shape index (κ3) is 1.95. The second kappa shape index (κ2) is 3.89. The van der Waals surface area contributed by atoms with Crippen molar-refractivity contribution in [2.24, 2.45) is 0 Å². The van der Waals surface area contributed by atoms with Gasteiger partial charge in [0.1, 0.15) is 0 Å². The van der Waals surface area contributed by atoms with Crippen LogP contribution in [0.3, 0.4) is 0 Å². The maximum absolute atomic E-state index is 12.7. The minimum absolute atomic E-state index is 0.0974. The van der Waals surface area contributed by atoms with E-state index in [-0.39, 0.29) is 15.9 Å². The standard InChI is InChI=1S/C9H4BrF3N2O/c10-6-3-1-2-5(9(11,12)13)7(6)8-14-4-16-15-8/h1-4H. The van der Waals surface area contributed by atoms with Crippen molar-refractivity contribution in [1.29, 1.82) is 0 Å². The van der Waals surface area contributed by atoms with E-state index < -0.39 is 11.7 Å². The van der Waals surface area contributed by atoms with Crippen molar-refractivity contribution in [3.63, 3.8) is 0 Å². The van der Waals surface area contributed by atoms with Crippen molar-refractivity contribution in [2.45, 2.75) is 6.18 Å². The Hall–Kier alpha value is -1.37. The van der Waals surface area contributed by atoms with Gasteiger partial charge in [-0.2, -0.15) is 18.2 Å². The maximum atomic E-state index is 12.7. The molecule has 2 aromatic rings. The maximum Gasteiger partial charge on any atom is 0.417 e. The quantitative estimate of drug-likeness (QED) is 0.807. The monoisotopic (exact) mass is 292 g/mol. The van der Waals surface area contributed by atoms with E-state index in [9.17, 15) is 13.2 Å². The molecule has 0 spiro atoms. The van der Waals surface area contributed by atoms with Crippen LogP contribution in [0.25, 0.3) is 11.4 Å². The number of benzene rings is 1. The minimum atomic E-state index is -4.46. The summed E-state index contributed by atoms with van der Waals surface area (Å²) in [6.45, 7) is 0. The highest BCUT2D eigenvalue weighted by molar-refractivity contribution is 9.10. The van der Waals surface area contributed by atoms with Gasteiger partial charge in [0.05, 0.1) is 5.56 Å². The van der Waals surface area contributed by atoms with Gasteiger partial charge in [0.2, 0.25) is 12.2 Å². The highest BCUT2D eigenvalue weighted by Crippen LogP contribution is 2.39. The highest BCUT2D eigenvalue weighted by atomic mass is 79.9. The molecule has 1 heterocycles. The van der Waals surface area contributed by atoms with E-state index in [0.717, 1.165) is 12.5 Å². The fourth-order valence-electron chi connectivity index (χ4n) is 1.27. The second-order valence-electron chi connectivity index (χ2n) is 2.91. The molecule has 0 saturated carbocycles. The summed E-state index contributed by atoms with van der Waals surface area (Å²) in [7, 11) is 0. The summed E-state index contributed by atoms with van der Waals surface area (Å²) in [4.78, 5) is 3.61. The Kier molecular flexibility index (Phi) is 2.71. The van der Waals surface area contributed by atoms with Crippen LogP contribution in [0, 0.1) is 0 Å². The number of hydrogen-bond acceptors (Lipinski definition) is 3. The Morgan fingerprint density at radius 1 is 1.25 bits per heavy atom. The van der Waals surface area contributed by atoms with Crippen LogP contribution >= 0.6 is 15.9 Å². The molecule has 84 valence electrons. The van der Waals surface area contributed by atoms with E-state index >= 15 is 0 Å². The molecular weight excluding hydrogens is 289 g/mol. The van der Waals surface area contributed by atoms with Crippen LogP contribution in [-0.2, 0) is 6.18 Å². The van der Waals surface area contributed by atoms with Crippen LogP contribution in [-0.4, -0.2) is 10.1 Å². The average molecular weight is 293 g/mol. The first-order chi connectivity index (χ1) is 7.50. The molecule has 3 nitrogen and oxygen atoms in total. The van der Waals surface area contributed by atoms with Crippen LogP contribution in [0.4, 0.5) is 13.2 Å². The summed E-state index contributed by atoms with van der Waals surface area (Å²) < 4.78 is 42.8. The SMILES string of the molecule is FC(F)(F)c1cccc(Br)c1-c1ncon1. The molecule has 0 aliphatic heterocycles.